The summed E-state index contributed by atoms with van der Waals surface area (Å²) in [5.41, 5.74) is 2.24. The van der Waals surface area contributed by atoms with Crippen LogP contribution in [0.4, 0.5) is 23.3 Å². The number of carbonyl (C=O) groups excluding carboxylic acids is 1. The zero-order valence-electron chi connectivity index (χ0n) is 21.1. The molecule has 0 radical (unpaired) electrons. The van der Waals surface area contributed by atoms with Gasteiger partial charge in [0, 0.05) is 41.5 Å². The van der Waals surface area contributed by atoms with E-state index in [2.05, 4.69) is 25.3 Å². The molecular weight excluding hydrogens is 456 g/mol. The van der Waals surface area contributed by atoms with Crippen LogP contribution in [0.1, 0.15) is 61.1 Å². The second kappa shape index (κ2) is 9.14. The highest BCUT2D eigenvalue weighted by atomic mass is 16.5. The molecule has 36 heavy (non-hydrogen) atoms. The number of H-pyrrole nitrogens is 1. The van der Waals surface area contributed by atoms with Crippen molar-refractivity contribution < 1.29 is 13.9 Å². The Bertz CT molecular complexity index is 1380. The zero-order valence-corrected chi connectivity index (χ0v) is 21.1. The predicted octanol–water partition coefficient (Wildman–Crippen LogP) is 5.97. The molecule has 3 aromatic heterocycles. The van der Waals surface area contributed by atoms with Gasteiger partial charge in [-0.2, -0.15) is 0 Å². The fourth-order valence-corrected chi connectivity index (χ4v) is 3.81. The minimum absolute atomic E-state index is 0.205. The van der Waals surface area contributed by atoms with E-state index in [9.17, 15) is 4.79 Å². The molecule has 2 N–H and O–H groups in total. The zero-order chi connectivity index (χ0) is 25.4. The molecule has 0 saturated heterocycles. The molecule has 0 atom stereocenters. The largest absolute Gasteiger partial charge is 0.453 e. The number of anilines is 4. The van der Waals surface area contributed by atoms with Gasteiger partial charge in [0.25, 0.3) is 0 Å². The summed E-state index contributed by atoms with van der Waals surface area (Å²) in [6.07, 6.45) is 7.24. The van der Waals surface area contributed by atoms with Crippen molar-refractivity contribution in [2.24, 2.45) is 0 Å². The van der Waals surface area contributed by atoms with Crippen molar-refractivity contribution >= 4 is 29.2 Å². The number of aromatic nitrogens is 4. The summed E-state index contributed by atoms with van der Waals surface area (Å²) in [5.74, 6) is 2.75. The minimum Gasteiger partial charge on any atom is -0.453 e. The number of nitrogens with zero attached hydrogens (tertiary/aromatic N) is 4. The van der Waals surface area contributed by atoms with Gasteiger partial charge >= 0.3 is 5.97 Å². The highest BCUT2D eigenvalue weighted by molar-refractivity contribution is 5.90. The molecule has 1 aliphatic carbocycles. The molecule has 3 heterocycles. The van der Waals surface area contributed by atoms with Crippen LogP contribution in [0.2, 0.25) is 0 Å². The number of hydrogen-bond acceptors (Lipinski definition) is 8. The first-order valence-electron chi connectivity index (χ1n) is 12.0. The van der Waals surface area contributed by atoms with Gasteiger partial charge in [-0.3, -0.25) is 4.90 Å². The van der Waals surface area contributed by atoms with Crippen molar-refractivity contribution in [2.75, 3.05) is 10.2 Å². The standard InChI is InChI=1S/C27H30N6O3/c1-16-6-9-19(35-25(34)24-17(2)12-21(36-24)27(3,4)5)13-20(16)33(26-28-10-11-29-26)23-14-22(30-15-31-23)32-18-7-8-18/h6,9-15,18H,7-8H2,1-5H3,(H,28,29)(H,30,31,32). The van der Waals surface area contributed by atoms with Gasteiger partial charge in [0.15, 0.2) is 0 Å². The molecule has 0 spiro atoms. The maximum Gasteiger partial charge on any atom is 0.379 e. The number of hydrogen-bond donors (Lipinski definition) is 2. The number of benzene rings is 1. The molecule has 1 fully saturated rings. The van der Waals surface area contributed by atoms with Gasteiger partial charge < -0.3 is 19.5 Å². The Kier molecular flexibility index (Phi) is 5.99. The highest BCUT2D eigenvalue weighted by Gasteiger charge is 2.26. The van der Waals surface area contributed by atoms with Gasteiger partial charge in [-0.1, -0.05) is 26.8 Å². The van der Waals surface area contributed by atoms with Crippen LogP contribution in [-0.4, -0.2) is 31.9 Å². The molecule has 0 aliphatic heterocycles. The van der Waals surface area contributed by atoms with Gasteiger partial charge in [0.1, 0.15) is 29.5 Å². The molecular formula is C27H30N6O3. The Morgan fingerprint density at radius 2 is 1.92 bits per heavy atom. The maximum absolute atomic E-state index is 13.0. The van der Waals surface area contributed by atoms with E-state index in [1.54, 1.807) is 24.5 Å². The SMILES string of the molecule is Cc1ccc(OC(=O)c2oc(C(C)(C)C)cc2C)cc1N(c1cc(NC2CC2)ncn1)c1ncc[nH]1. The van der Waals surface area contributed by atoms with Gasteiger partial charge in [-0.25, -0.2) is 19.7 Å². The van der Waals surface area contributed by atoms with E-state index in [-0.39, 0.29) is 11.2 Å². The summed E-state index contributed by atoms with van der Waals surface area (Å²) >= 11 is 0. The molecule has 1 saturated carbocycles. The summed E-state index contributed by atoms with van der Waals surface area (Å²) in [6, 6.07) is 9.69. The average molecular weight is 487 g/mol. The summed E-state index contributed by atoms with van der Waals surface area (Å²) in [5, 5.41) is 3.41. The molecule has 9 heteroatoms. The monoisotopic (exact) mass is 486 g/mol. The number of nitrogens with one attached hydrogen (secondary N) is 2. The lowest BCUT2D eigenvalue weighted by atomic mass is 9.93. The molecule has 186 valence electrons. The molecule has 5 rings (SSSR count). The Labute approximate surface area is 209 Å². The van der Waals surface area contributed by atoms with Crippen LogP contribution in [0.15, 0.2) is 53.5 Å². The van der Waals surface area contributed by atoms with Gasteiger partial charge in [-0.15, -0.1) is 0 Å². The van der Waals surface area contributed by atoms with E-state index >= 15 is 0 Å². The van der Waals surface area contributed by atoms with Gasteiger partial charge in [-0.05, 0) is 44.4 Å². The van der Waals surface area contributed by atoms with E-state index in [1.165, 1.54) is 6.33 Å². The maximum atomic E-state index is 13.0. The number of aryl methyl sites for hydroxylation is 2. The molecule has 1 aliphatic rings. The van der Waals surface area contributed by atoms with Crippen molar-refractivity contribution in [3.05, 3.63) is 71.7 Å². The third-order valence-corrected chi connectivity index (χ3v) is 5.98. The summed E-state index contributed by atoms with van der Waals surface area (Å²) < 4.78 is 11.6. The van der Waals surface area contributed by atoms with Gasteiger partial charge in [0.2, 0.25) is 11.7 Å². The predicted molar refractivity (Wildman–Crippen MR) is 137 cm³/mol. The van der Waals surface area contributed by atoms with Crippen molar-refractivity contribution in [3.63, 3.8) is 0 Å². The summed E-state index contributed by atoms with van der Waals surface area (Å²) in [7, 11) is 0. The first kappa shape index (κ1) is 23.6. The van der Waals surface area contributed by atoms with E-state index in [1.807, 2.05) is 57.7 Å². The van der Waals surface area contributed by atoms with Crippen molar-refractivity contribution in [1.29, 1.82) is 0 Å². The smallest absolute Gasteiger partial charge is 0.379 e. The Balaban J connectivity index is 1.48. The van der Waals surface area contributed by atoms with Crippen LogP contribution in [-0.2, 0) is 5.41 Å². The first-order valence-corrected chi connectivity index (χ1v) is 12.0. The summed E-state index contributed by atoms with van der Waals surface area (Å²) in [6.45, 7) is 9.93. The van der Waals surface area contributed by atoms with Gasteiger partial charge in [0.05, 0.1) is 5.69 Å². The lowest BCUT2D eigenvalue weighted by Crippen LogP contribution is -2.16. The van der Waals surface area contributed by atoms with E-state index in [4.69, 9.17) is 9.15 Å². The third kappa shape index (κ3) is 4.95. The lowest BCUT2D eigenvalue weighted by molar-refractivity contribution is 0.0696. The van der Waals surface area contributed by atoms with E-state index in [0.717, 1.165) is 41.2 Å². The number of furan rings is 1. The first-order chi connectivity index (χ1) is 17.2. The number of ether oxygens (including phenoxy) is 1. The lowest BCUT2D eigenvalue weighted by Gasteiger charge is -2.24. The van der Waals surface area contributed by atoms with E-state index < -0.39 is 5.97 Å². The second-order valence-electron chi connectivity index (χ2n) is 10.1. The van der Waals surface area contributed by atoms with Crippen molar-refractivity contribution in [3.8, 4) is 5.75 Å². The number of esters is 1. The highest BCUT2D eigenvalue weighted by Crippen LogP contribution is 2.37. The molecule has 1 aromatic carbocycles. The molecule has 9 nitrogen and oxygen atoms in total. The number of imidazole rings is 1. The van der Waals surface area contributed by atoms with Crippen LogP contribution in [0.25, 0.3) is 0 Å². The topological polar surface area (TPSA) is 109 Å². The Hall–Kier alpha value is -4.14. The minimum atomic E-state index is -0.541. The molecule has 0 unspecified atom stereocenters. The second-order valence-corrected chi connectivity index (χ2v) is 10.1. The number of aromatic amines is 1. The quantitative estimate of drug-likeness (QED) is 0.243. The summed E-state index contributed by atoms with van der Waals surface area (Å²) in [4.78, 5) is 31.4. The fraction of sp³-hybridized carbons (Fsp3) is 0.333. The molecule has 0 bridgehead atoms. The normalized spacial score (nSPS) is 13.5. The van der Waals surface area contributed by atoms with Crippen molar-refractivity contribution in [2.45, 2.75) is 58.9 Å². The Morgan fingerprint density at radius 3 is 2.58 bits per heavy atom. The van der Waals surface area contributed by atoms with Crippen molar-refractivity contribution in [1.82, 2.24) is 19.9 Å². The van der Waals surface area contributed by atoms with E-state index in [0.29, 0.717) is 23.6 Å². The Morgan fingerprint density at radius 1 is 1.11 bits per heavy atom. The number of rotatable bonds is 7. The van der Waals surface area contributed by atoms with Crippen LogP contribution in [0.3, 0.4) is 0 Å². The third-order valence-electron chi connectivity index (χ3n) is 5.98. The number of carbonyl (C=O) groups is 1. The van der Waals surface area contributed by atoms with Crippen LogP contribution >= 0.6 is 0 Å². The molecule has 4 aromatic rings. The van der Waals surface area contributed by atoms with Crippen LogP contribution < -0.4 is 15.0 Å². The van der Waals surface area contributed by atoms with Crippen LogP contribution in [0.5, 0.6) is 5.75 Å². The fourth-order valence-electron chi connectivity index (χ4n) is 3.81. The average Bonchev–Trinajstić information content (AvgIpc) is 3.29. The van der Waals surface area contributed by atoms with Crippen LogP contribution in [0, 0.1) is 13.8 Å². The molecule has 0 amide bonds.